The number of hydrogen-bond donors (Lipinski definition) is 1. The topological polar surface area (TPSA) is 42.2 Å². The van der Waals surface area contributed by atoms with E-state index in [0.29, 0.717) is 6.04 Å². The van der Waals surface area contributed by atoms with Gasteiger partial charge in [-0.05, 0) is 44.5 Å². The number of likely N-dealkylation sites (tertiary alicyclic amines) is 1. The molecule has 1 aromatic rings. The molecule has 0 bridgehead atoms. The number of nitrogens with two attached hydrogens (primary N) is 1. The first-order valence-electron chi connectivity index (χ1n) is 5.64. The fourth-order valence-corrected chi connectivity index (χ4v) is 2.04. The normalized spacial score (nSPS) is 19.3. The molecule has 1 aliphatic rings. The first kappa shape index (κ1) is 10.6. The van der Waals surface area contributed by atoms with Crippen molar-refractivity contribution in [2.45, 2.75) is 32.4 Å². The van der Waals surface area contributed by atoms with Crippen molar-refractivity contribution in [2.75, 3.05) is 13.1 Å². The molecule has 3 nitrogen and oxygen atoms in total. The summed E-state index contributed by atoms with van der Waals surface area (Å²) < 4.78 is 0. The lowest BCUT2D eigenvalue weighted by Crippen LogP contribution is -2.39. The monoisotopic (exact) mass is 205 g/mol. The summed E-state index contributed by atoms with van der Waals surface area (Å²) >= 11 is 0. The van der Waals surface area contributed by atoms with E-state index in [-0.39, 0.29) is 0 Å². The van der Waals surface area contributed by atoms with Crippen LogP contribution in [0.4, 0.5) is 0 Å². The molecule has 2 N–H and O–H groups in total. The molecule has 0 radical (unpaired) electrons. The second-order valence-corrected chi connectivity index (χ2v) is 4.36. The molecule has 0 spiro atoms. The zero-order valence-corrected chi connectivity index (χ0v) is 9.32. The number of rotatable bonds is 2. The predicted octanol–water partition coefficient (Wildman–Crippen LogP) is 1.31. The third-order valence-electron chi connectivity index (χ3n) is 3.14. The van der Waals surface area contributed by atoms with Crippen LogP contribution in [0.5, 0.6) is 0 Å². The molecule has 3 heteroatoms. The summed E-state index contributed by atoms with van der Waals surface area (Å²) in [7, 11) is 0. The average Bonchev–Trinajstić information content (AvgIpc) is 2.25. The van der Waals surface area contributed by atoms with Crippen LogP contribution < -0.4 is 5.73 Å². The Morgan fingerprint density at radius 1 is 1.47 bits per heavy atom. The van der Waals surface area contributed by atoms with E-state index >= 15 is 0 Å². The minimum Gasteiger partial charge on any atom is -0.328 e. The smallest absolute Gasteiger partial charge is 0.0417 e. The van der Waals surface area contributed by atoms with Crippen LogP contribution in [0.25, 0.3) is 0 Å². The summed E-state index contributed by atoms with van der Waals surface area (Å²) in [6.45, 7) is 5.34. The Kier molecular flexibility index (Phi) is 3.34. The van der Waals surface area contributed by atoms with Crippen LogP contribution >= 0.6 is 0 Å². The quantitative estimate of drug-likeness (QED) is 0.791. The van der Waals surface area contributed by atoms with Crippen molar-refractivity contribution >= 4 is 0 Å². The predicted molar refractivity (Wildman–Crippen MR) is 61.5 cm³/mol. The SMILES string of the molecule is Cc1ncccc1CN1CCC(N)CC1. The summed E-state index contributed by atoms with van der Waals surface area (Å²) in [6, 6.07) is 4.59. The van der Waals surface area contributed by atoms with E-state index in [2.05, 4.69) is 22.9 Å². The lowest BCUT2D eigenvalue weighted by Gasteiger charge is -2.30. The minimum atomic E-state index is 0.413. The summed E-state index contributed by atoms with van der Waals surface area (Å²) in [5.74, 6) is 0. The molecular formula is C12H19N3. The Morgan fingerprint density at radius 3 is 2.87 bits per heavy atom. The van der Waals surface area contributed by atoms with Gasteiger partial charge >= 0.3 is 0 Å². The van der Waals surface area contributed by atoms with Gasteiger partial charge in [0, 0.05) is 24.5 Å². The van der Waals surface area contributed by atoms with E-state index in [0.717, 1.165) is 38.2 Å². The fraction of sp³-hybridized carbons (Fsp3) is 0.583. The Bertz CT molecular complexity index is 316. The van der Waals surface area contributed by atoms with Crippen LogP contribution in [0, 0.1) is 6.92 Å². The van der Waals surface area contributed by atoms with Gasteiger partial charge < -0.3 is 5.73 Å². The molecule has 0 unspecified atom stereocenters. The standard InChI is InChI=1S/C12H19N3/c1-10-11(3-2-6-14-10)9-15-7-4-12(13)5-8-15/h2-3,6,12H,4-5,7-9,13H2,1H3. The molecule has 0 atom stereocenters. The van der Waals surface area contributed by atoms with E-state index < -0.39 is 0 Å². The van der Waals surface area contributed by atoms with Crippen LogP contribution in [0.2, 0.25) is 0 Å². The second-order valence-electron chi connectivity index (χ2n) is 4.36. The zero-order valence-electron chi connectivity index (χ0n) is 9.32. The molecule has 2 rings (SSSR count). The van der Waals surface area contributed by atoms with Gasteiger partial charge in [-0.1, -0.05) is 6.07 Å². The van der Waals surface area contributed by atoms with Crippen molar-refractivity contribution in [3.63, 3.8) is 0 Å². The average molecular weight is 205 g/mol. The Labute approximate surface area is 91.3 Å². The van der Waals surface area contributed by atoms with Crippen molar-refractivity contribution in [3.8, 4) is 0 Å². The number of nitrogens with zero attached hydrogens (tertiary/aromatic N) is 2. The van der Waals surface area contributed by atoms with E-state index in [4.69, 9.17) is 5.73 Å². The first-order valence-corrected chi connectivity index (χ1v) is 5.64. The van der Waals surface area contributed by atoms with E-state index in [1.165, 1.54) is 5.56 Å². The highest BCUT2D eigenvalue weighted by Gasteiger charge is 2.16. The molecular weight excluding hydrogens is 186 g/mol. The van der Waals surface area contributed by atoms with Gasteiger partial charge in [0.15, 0.2) is 0 Å². The first-order chi connectivity index (χ1) is 7.25. The van der Waals surface area contributed by atoms with Gasteiger partial charge in [0.2, 0.25) is 0 Å². The number of hydrogen-bond acceptors (Lipinski definition) is 3. The molecule has 15 heavy (non-hydrogen) atoms. The van der Waals surface area contributed by atoms with Gasteiger partial charge in [-0.15, -0.1) is 0 Å². The van der Waals surface area contributed by atoms with Gasteiger partial charge in [-0.25, -0.2) is 0 Å². The third-order valence-corrected chi connectivity index (χ3v) is 3.14. The molecule has 1 aromatic heterocycles. The van der Waals surface area contributed by atoms with Crippen molar-refractivity contribution in [1.29, 1.82) is 0 Å². The highest BCUT2D eigenvalue weighted by Crippen LogP contribution is 2.13. The fourth-order valence-electron chi connectivity index (χ4n) is 2.04. The third kappa shape index (κ3) is 2.76. The zero-order chi connectivity index (χ0) is 10.7. The Balaban J connectivity index is 1.95. The number of piperidine rings is 1. The molecule has 2 heterocycles. The largest absolute Gasteiger partial charge is 0.328 e. The maximum atomic E-state index is 5.88. The molecule has 1 aliphatic heterocycles. The van der Waals surface area contributed by atoms with Crippen molar-refractivity contribution in [2.24, 2.45) is 5.73 Å². The second kappa shape index (κ2) is 4.73. The molecule has 0 aromatic carbocycles. The van der Waals surface area contributed by atoms with Crippen LogP contribution in [0.1, 0.15) is 24.1 Å². The maximum absolute atomic E-state index is 5.88. The molecule has 1 fully saturated rings. The van der Waals surface area contributed by atoms with Crippen molar-refractivity contribution in [1.82, 2.24) is 9.88 Å². The number of aromatic nitrogens is 1. The van der Waals surface area contributed by atoms with E-state index in [1.54, 1.807) is 0 Å². The van der Waals surface area contributed by atoms with E-state index in [1.807, 2.05) is 12.3 Å². The summed E-state index contributed by atoms with van der Waals surface area (Å²) in [4.78, 5) is 6.77. The summed E-state index contributed by atoms with van der Waals surface area (Å²) in [5.41, 5.74) is 8.37. The Morgan fingerprint density at radius 2 is 2.20 bits per heavy atom. The van der Waals surface area contributed by atoms with Gasteiger partial charge in [0.05, 0.1) is 0 Å². The van der Waals surface area contributed by atoms with Gasteiger partial charge in [0.1, 0.15) is 0 Å². The molecule has 0 saturated carbocycles. The summed E-state index contributed by atoms with van der Waals surface area (Å²) in [6.07, 6.45) is 4.10. The van der Waals surface area contributed by atoms with Crippen molar-refractivity contribution < 1.29 is 0 Å². The maximum Gasteiger partial charge on any atom is 0.0417 e. The van der Waals surface area contributed by atoms with Crippen molar-refractivity contribution in [3.05, 3.63) is 29.6 Å². The summed E-state index contributed by atoms with van der Waals surface area (Å²) in [5, 5.41) is 0. The van der Waals surface area contributed by atoms with Gasteiger partial charge in [-0.3, -0.25) is 9.88 Å². The highest BCUT2D eigenvalue weighted by atomic mass is 15.1. The molecule has 0 aliphatic carbocycles. The van der Waals surface area contributed by atoms with Crippen LogP contribution in [0.3, 0.4) is 0 Å². The highest BCUT2D eigenvalue weighted by molar-refractivity contribution is 5.18. The van der Waals surface area contributed by atoms with Crippen LogP contribution in [-0.4, -0.2) is 29.0 Å². The van der Waals surface area contributed by atoms with Gasteiger partial charge in [-0.2, -0.15) is 0 Å². The number of pyridine rings is 1. The molecule has 1 saturated heterocycles. The number of aryl methyl sites for hydroxylation is 1. The Hall–Kier alpha value is -0.930. The lowest BCUT2D eigenvalue weighted by molar-refractivity contribution is 0.205. The van der Waals surface area contributed by atoms with Gasteiger partial charge in [0.25, 0.3) is 0 Å². The molecule has 0 amide bonds. The van der Waals surface area contributed by atoms with Crippen LogP contribution in [0.15, 0.2) is 18.3 Å². The molecule has 82 valence electrons. The van der Waals surface area contributed by atoms with E-state index in [9.17, 15) is 0 Å². The van der Waals surface area contributed by atoms with Crippen LogP contribution in [-0.2, 0) is 6.54 Å². The minimum absolute atomic E-state index is 0.413. The lowest BCUT2D eigenvalue weighted by atomic mass is 10.1.